The number of methoxy groups -OCH3 is 1. The van der Waals surface area contributed by atoms with Crippen LogP contribution in [0.1, 0.15) is 22.3 Å². The van der Waals surface area contributed by atoms with Gasteiger partial charge in [0.1, 0.15) is 5.75 Å². The maximum atomic E-state index is 12.2. The van der Waals surface area contributed by atoms with Gasteiger partial charge < -0.3 is 10.1 Å². The molecule has 0 saturated carbocycles. The second kappa shape index (κ2) is 8.57. The lowest BCUT2D eigenvalue weighted by molar-refractivity contribution is -0.119. The number of hydrogen-bond donors (Lipinski definition) is 2. The molecule has 0 bridgehead atoms. The van der Waals surface area contributed by atoms with Gasteiger partial charge in [0.05, 0.1) is 19.9 Å². The molecule has 0 saturated heterocycles. The van der Waals surface area contributed by atoms with Crippen molar-refractivity contribution in [3.63, 3.8) is 0 Å². The third-order valence-electron chi connectivity index (χ3n) is 4.64. The van der Waals surface area contributed by atoms with Crippen molar-refractivity contribution in [2.24, 2.45) is 5.10 Å². The predicted molar refractivity (Wildman–Crippen MR) is 115 cm³/mol. The number of nitrogens with one attached hydrogen (secondary N) is 2. The van der Waals surface area contributed by atoms with Crippen LogP contribution in [0.25, 0.3) is 10.8 Å². The number of carbonyl (C=O) groups excluding carboxylic acids is 1. The number of hydrogen-bond acceptors (Lipinski definition) is 4. The van der Waals surface area contributed by atoms with Gasteiger partial charge in [-0.15, -0.1) is 0 Å². The molecule has 0 atom stereocenters. The molecule has 0 aliphatic heterocycles. The van der Waals surface area contributed by atoms with Crippen LogP contribution in [-0.4, -0.2) is 25.8 Å². The van der Waals surface area contributed by atoms with Crippen molar-refractivity contribution in [1.29, 1.82) is 0 Å². The topological polar surface area (TPSA) is 62.7 Å². The Morgan fingerprint density at radius 1 is 1.07 bits per heavy atom. The molecular weight excluding hydrogens is 350 g/mol. The van der Waals surface area contributed by atoms with Crippen LogP contribution in [0.2, 0.25) is 0 Å². The summed E-state index contributed by atoms with van der Waals surface area (Å²) >= 11 is 0. The van der Waals surface area contributed by atoms with Gasteiger partial charge in [0.15, 0.2) is 0 Å². The van der Waals surface area contributed by atoms with E-state index in [0.717, 1.165) is 33.2 Å². The molecule has 0 heterocycles. The van der Waals surface area contributed by atoms with E-state index in [9.17, 15) is 4.79 Å². The summed E-state index contributed by atoms with van der Waals surface area (Å²) in [6, 6.07) is 16.1. The van der Waals surface area contributed by atoms with Crippen molar-refractivity contribution < 1.29 is 9.53 Å². The molecule has 0 unspecified atom stereocenters. The molecular formula is C23H25N3O2. The van der Waals surface area contributed by atoms with Crippen molar-refractivity contribution in [2.75, 3.05) is 19.0 Å². The molecule has 3 rings (SSSR count). The molecule has 0 aliphatic rings. The molecule has 3 aromatic carbocycles. The lowest BCUT2D eigenvalue weighted by Gasteiger charge is -2.13. The van der Waals surface area contributed by atoms with Crippen molar-refractivity contribution in [2.45, 2.75) is 20.8 Å². The van der Waals surface area contributed by atoms with E-state index >= 15 is 0 Å². The molecule has 0 aliphatic carbocycles. The number of aryl methyl sites for hydroxylation is 3. The van der Waals surface area contributed by atoms with Gasteiger partial charge in [0.2, 0.25) is 0 Å². The Morgan fingerprint density at radius 2 is 1.79 bits per heavy atom. The van der Waals surface area contributed by atoms with Crippen molar-refractivity contribution >= 4 is 28.6 Å². The second-order valence-electron chi connectivity index (χ2n) is 6.82. The number of anilines is 1. The second-order valence-corrected chi connectivity index (χ2v) is 6.82. The molecule has 0 spiro atoms. The third-order valence-corrected chi connectivity index (χ3v) is 4.64. The summed E-state index contributed by atoms with van der Waals surface area (Å²) in [4.78, 5) is 12.2. The first-order valence-electron chi connectivity index (χ1n) is 9.19. The molecule has 5 nitrogen and oxygen atoms in total. The first-order chi connectivity index (χ1) is 13.5. The number of nitrogens with zero attached hydrogens (tertiary/aromatic N) is 1. The van der Waals surface area contributed by atoms with Crippen LogP contribution in [0, 0.1) is 20.8 Å². The standard InChI is InChI=1S/C23H25N3O2/c1-15-11-16(2)23(17(3)12-15)24-14-22(27)26-25-13-20-19-8-6-5-7-18(19)9-10-21(20)28-4/h5-13,24H,14H2,1-4H3,(H,26,27)/b25-13-. The number of benzene rings is 3. The summed E-state index contributed by atoms with van der Waals surface area (Å²) in [5, 5.41) is 9.43. The lowest BCUT2D eigenvalue weighted by atomic mass is 10.0. The largest absolute Gasteiger partial charge is 0.496 e. The van der Waals surface area contributed by atoms with Crippen LogP contribution in [0.4, 0.5) is 5.69 Å². The van der Waals surface area contributed by atoms with Gasteiger partial charge >= 0.3 is 0 Å². The predicted octanol–water partition coefficient (Wildman–Crippen LogP) is 4.34. The zero-order valence-corrected chi connectivity index (χ0v) is 16.7. The van der Waals surface area contributed by atoms with Gasteiger partial charge in [-0.3, -0.25) is 4.79 Å². The Morgan fingerprint density at radius 3 is 2.50 bits per heavy atom. The first-order valence-corrected chi connectivity index (χ1v) is 9.19. The van der Waals surface area contributed by atoms with Gasteiger partial charge in [-0.25, -0.2) is 5.43 Å². The third kappa shape index (κ3) is 4.31. The molecule has 1 amide bonds. The average Bonchev–Trinajstić information content (AvgIpc) is 2.67. The molecule has 2 N–H and O–H groups in total. The first kappa shape index (κ1) is 19.4. The van der Waals surface area contributed by atoms with E-state index < -0.39 is 0 Å². The maximum absolute atomic E-state index is 12.2. The molecule has 5 heteroatoms. The summed E-state index contributed by atoms with van der Waals surface area (Å²) in [6.07, 6.45) is 1.63. The van der Waals surface area contributed by atoms with Crippen molar-refractivity contribution in [1.82, 2.24) is 5.43 Å². The summed E-state index contributed by atoms with van der Waals surface area (Å²) in [7, 11) is 1.62. The molecule has 0 aromatic heterocycles. The Labute approximate surface area is 165 Å². The summed E-state index contributed by atoms with van der Waals surface area (Å²) in [5.41, 5.74) is 7.85. The Balaban J connectivity index is 1.68. The summed E-state index contributed by atoms with van der Waals surface area (Å²) < 4.78 is 5.44. The Bertz CT molecular complexity index is 1020. The number of hydrazone groups is 1. The van der Waals surface area contributed by atoms with Gasteiger partial charge in [-0.2, -0.15) is 5.10 Å². The summed E-state index contributed by atoms with van der Waals surface area (Å²) in [6.45, 7) is 6.28. The van der Waals surface area contributed by atoms with E-state index in [-0.39, 0.29) is 12.5 Å². The zero-order valence-electron chi connectivity index (χ0n) is 16.7. The number of fused-ring (bicyclic) bond motifs is 1. The average molecular weight is 375 g/mol. The number of amides is 1. The minimum atomic E-state index is -0.213. The SMILES string of the molecule is COc1ccc2ccccc2c1/C=N\NC(=O)CNc1c(C)cc(C)cc1C. The molecule has 28 heavy (non-hydrogen) atoms. The summed E-state index contributed by atoms with van der Waals surface area (Å²) in [5.74, 6) is 0.496. The monoisotopic (exact) mass is 375 g/mol. The lowest BCUT2D eigenvalue weighted by Crippen LogP contribution is -2.26. The number of rotatable bonds is 6. The van der Waals surface area contributed by atoms with Gasteiger partial charge in [0.25, 0.3) is 5.91 Å². The van der Waals surface area contributed by atoms with Crippen LogP contribution in [0.5, 0.6) is 5.75 Å². The number of carbonyl (C=O) groups is 1. The highest BCUT2D eigenvalue weighted by Gasteiger charge is 2.08. The fraction of sp³-hybridized carbons (Fsp3) is 0.217. The van der Waals surface area contributed by atoms with Crippen LogP contribution in [-0.2, 0) is 4.79 Å². The fourth-order valence-corrected chi connectivity index (χ4v) is 3.42. The Kier molecular flexibility index (Phi) is 5.94. The van der Waals surface area contributed by atoms with Crippen molar-refractivity contribution in [3.05, 3.63) is 70.8 Å². The van der Waals surface area contributed by atoms with E-state index in [0.29, 0.717) is 5.75 Å². The highest BCUT2D eigenvalue weighted by Crippen LogP contribution is 2.26. The van der Waals surface area contributed by atoms with Gasteiger partial charge in [-0.1, -0.05) is 48.0 Å². The molecule has 0 fully saturated rings. The normalized spacial score (nSPS) is 11.0. The molecule has 144 valence electrons. The van der Waals surface area contributed by atoms with Gasteiger partial charge in [0, 0.05) is 11.3 Å². The highest BCUT2D eigenvalue weighted by atomic mass is 16.5. The van der Waals surface area contributed by atoms with Crippen LogP contribution < -0.4 is 15.5 Å². The maximum Gasteiger partial charge on any atom is 0.259 e. The minimum Gasteiger partial charge on any atom is -0.496 e. The molecule has 3 aromatic rings. The Hall–Kier alpha value is -3.34. The van der Waals surface area contributed by atoms with E-state index in [1.165, 1.54) is 5.56 Å². The van der Waals surface area contributed by atoms with E-state index in [1.807, 2.05) is 50.2 Å². The van der Waals surface area contributed by atoms with Crippen LogP contribution in [0.15, 0.2) is 53.6 Å². The molecule has 0 radical (unpaired) electrons. The van der Waals surface area contributed by atoms with Crippen molar-refractivity contribution in [3.8, 4) is 5.75 Å². The smallest absolute Gasteiger partial charge is 0.259 e. The van der Waals surface area contributed by atoms with Crippen LogP contribution >= 0.6 is 0 Å². The van der Waals surface area contributed by atoms with Gasteiger partial charge in [-0.05, 0) is 48.7 Å². The number of ether oxygens (including phenoxy) is 1. The zero-order chi connectivity index (χ0) is 20.1. The van der Waals surface area contributed by atoms with Crippen LogP contribution in [0.3, 0.4) is 0 Å². The fourth-order valence-electron chi connectivity index (χ4n) is 3.42. The quantitative estimate of drug-likeness (QED) is 0.498. The van der Waals surface area contributed by atoms with E-state index in [4.69, 9.17) is 4.74 Å². The van der Waals surface area contributed by atoms with E-state index in [2.05, 4.69) is 34.9 Å². The minimum absolute atomic E-state index is 0.148. The highest BCUT2D eigenvalue weighted by molar-refractivity contribution is 6.02. The van der Waals surface area contributed by atoms with E-state index in [1.54, 1.807) is 13.3 Å².